The number of carbonyl (C=O) groups excluding carboxylic acids is 1. The number of fused-ring (bicyclic) bond motifs is 1. The number of aromatic nitrogens is 4. The lowest BCUT2D eigenvalue weighted by Crippen LogP contribution is -2.52. The van der Waals surface area contributed by atoms with Crippen LogP contribution < -0.4 is 9.64 Å². The van der Waals surface area contributed by atoms with E-state index in [0.29, 0.717) is 18.2 Å². The van der Waals surface area contributed by atoms with Crippen LogP contribution in [0.3, 0.4) is 0 Å². The third-order valence-electron chi connectivity index (χ3n) is 6.57. The van der Waals surface area contributed by atoms with Gasteiger partial charge in [-0.05, 0) is 31.9 Å². The monoisotopic (exact) mass is 467 g/mol. The maximum absolute atomic E-state index is 13.1. The molecule has 3 aromatic rings. The summed E-state index contributed by atoms with van der Waals surface area (Å²) in [6.07, 6.45) is 3.22. The molecule has 0 unspecified atom stereocenters. The van der Waals surface area contributed by atoms with Gasteiger partial charge in [-0.1, -0.05) is 17.7 Å². The van der Waals surface area contributed by atoms with E-state index in [9.17, 15) is 4.79 Å². The Morgan fingerprint density at radius 3 is 2.55 bits per heavy atom. The first kappa shape index (κ1) is 22.0. The first-order valence-electron chi connectivity index (χ1n) is 11.6. The Balaban J connectivity index is 1.06. The lowest BCUT2D eigenvalue weighted by atomic mass is 9.95. The van der Waals surface area contributed by atoms with Crippen molar-refractivity contribution in [2.24, 2.45) is 5.92 Å². The number of rotatable bonds is 6. The molecular weight excluding hydrogens is 438 g/mol. The quantitative estimate of drug-likeness (QED) is 0.545. The van der Waals surface area contributed by atoms with Crippen molar-refractivity contribution in [2.45, 2.75) is 19.8 Å². The predicted molar refractivity (Wildman–Crippen MR) is 128 cm³/mol. The Labute approximate surface area is 197 Å². The van der Waals surface area contributed by atoms with E-state index in [4.69, 9.17) is 4.74 Å². The normalized spacial score (nSPS) is 18.1. The summed E-state index contributed by atoms with van der Waals surface area (Å²) in [4.78, 5) is 28.3. The molecule has 33 heavy (non-hydrogen) atoms. The molecule has 0 N–H and O–H groups in total. The summed E-state index contributed by atoms with van der Waals surface area (Å²) in [7, 11) is 0. The van der Waals surface area contributed by atoms with Gasteiger partial charge in [-0.2, -0.15) is 8.75 Å². The number of anilines is 1. The number of carbonyl (C=O) groups is 1. The van der Waals surface area contributed by atoms with Crippen LogP contribution in [0, 0.1) is 12.8 Å². The Morgan fingerprint density at radius 2 is 1.79 bits per heavy atom. The smallest absolute Gasteiger partial charge is 0.225 e. The second kappa shape index (κ2) is 9.96. The zero-order valence-electron chi connectivity index (χ0n) is 18.9. The van der Waals surface area contributed by atoms with Crippen LogP contribution in [-0.2, 0) is 4.79 Å². The number of benzene rings is 1. The Morgan fingerprint density at radius 1 is 1.03 bits per heavy atom. The van der Waals surface area contributed by atoms with Crippen molar-refractivity contribution in [2.75, 3.05) is 57.3 Å². The number of piperazine rings is 1. The van der Waals surface area contributed by atoms with Crippen molar-refractivity contribution < 1.29 is 9.53 Å². The maximum Gasteiger partial charge on any atom is 0.225 e. The van der Waals surface area contributed by atoms with Crippen molar-refractivity contribution in [3.63, 3.8) is 0 Å². The summed E-state index contributed by atoms with van der Waals surface area (Å²) in [5.74, 6) is 2.13. The number of hydrogen-bond acceptors (Lipinski definition) is 9. The van der Waals surface area contributed by atoms with Gasteiger partial charge in [-0.25, -0.2) is 9.97 Å². The molecule has 2 aliphatic heterocycles. The van der Waals surface area contributed by atoms with Crippen LogP contribution in [0.4, 0.5) is 5.82 Å². The lowest BCUT2D eigenvalue weighted by Gasteiger charge is -2.38. The van der Waals surface area contributed by atoms with Crippen LogP contribution in [0.1, 0.15) is 18.4 Å². The molecule has 0 saturated carbocycles. The van der Waals surface area contributed by atoms with E-state index < -0.39 is 0 Å². The average molecular weight is 468 g/mol. The van der Waals surface area contributed by atoms with Crippen molar-refractivity contribution in [1.82, 2.24) is 28.5 Å². The van der Waals surface area contributed by atoms with Crippen LogP contribution in [-0.4, -0.2) is 86.8 Å². The first-order valence-corrected chi connectivity index (χ1v) is 12.3. The van der Waals surface area contributed by atoms with Crippen LogP contribution in [0.15, 0.2) is 30.6 Å². The molecule has 1 amide bonds. The largest absolute Gasteiger partial charge is 0.492 e. The molecule has 2 fully saturated rings. The summed E-state index contributed by atoms with van der Waals surface area (Å²) < 4.78 is 14.4. The molecule has 0 radical (unpaired) electrons. The van der Waals surface area contributed by atoms with Crippen molar-refractivity contribution in [1.29, 1.82) is 0 Å². The molecule has 174 valence electrons. The van der Waals surface area contributed by atoms with Gasteiger partial charge < -0.3 is 14.5 Å². The minimum Gasteiger partial charge on any atom is -0.492 e. The zero-order chi connectivity index (χ0) is 22.6. The van der Waals surface area contributed by atoms with Gasteiger partial charge in [-0.15, -0.1) is 0 Å². The highest BCUT2D eigenvalue weighted by Crippen LogP contribution is 2.27. The summed E-state index contributed by atoms with van der Waals surface area (Å²) >= 11 is 1.16. The number of hydrogen-bond donors (Lipinski definition) is 0. The van der Waals surface area contributed by atoms with Gasteiger partial charge in [0.2, 0.25) is 5.91 Å². The van der Waals surface area contributed by atoms with Gasteiger partial charge in [0.15, 0.2) is 17.0 Å². The molecule has 10 heteroatoms. The fourth-order valence-corrected chi connectivity index (χ4v) is 5.05. The molecule has 4 heterocycles. The van der Waals surface area contributed by atoms with E-state index in [1.807, 2.05) is 17.0 Å². The highest BCUT2D eigenvalue weighted by Gasteiger charge is 2.31. The average Bonchev–Trinajstić information content (AvgIpc) is 3.35. The van der Waals surface area contributed by atoms with E-state index in [-0.39, 0.29) is 5.92 Å². The van der Waals surface area contributed by atoms with E-state index in [2.05, 4.69) is 47.6 Å². The van der Waals surface area contributed by atoms with Crippen LogP contribution in [0.2, 0.25) is 0 Å². The van der Waals surface area contributed by atoms with Gasteiger partial charge in [0.25, 0.3) is 0 Å². The molecule has 9 nitrogen and oxygen atoms in total. The maximum atomic E-state index is 13.1. The van der Waals surface area contributed by atoms with Crippen LogP contribution >= 0.6 is 11.7 Å². The Bertz CT molecular complexity index is 1070. The van der Waals surface area contributed by atoms with Gasteiger partial charge in [0.05, 0.1) is 11.7 Å². The third-order valence-corrected chi connectivity index (χ3v) is 7.09. The Kier molecular flexibility index (Phi) is 6.63. The van der Waals surface area contributed by atoms with E-state index in [1.54, 1.807) is 6.33 Å². The highest BCUT2D eigenvalue weighted by atomic mass is 32.1. The molecule has 0 atom stereocenters. The Hall–Kier alpha value is -2.85. The highest BCUT2D eigenvalue weighted by molar-refractivity contribution is 7.00. The van der Waals surface area contributed by atoms with Crippen molar-refractivity contribution in [3.05, 3.63) is 36.2 Å². The standard InChI is InChI=1S/C23H29N7O2S/c1-17-2-4-19(5-3-17)32-15-14-28-10-12-30(13-11-28)23(31)18-6-8-29(9-7-18)22-20-21(24-16-25-22)27-33-26-20/h2-5,16,18H,6-15H2,1H3. The summed E-state index contributed by atoms with van der Waals surface area (Å²) in [6, 6.07) is 8.15. The van der Waals surface area contributed by atoms with Crippen LogP contribution in [0.5, 0.6) is 5.75 Å². The molecule has 2 saturated heterocycles. The zero-order valence-corrected chi connectivity index (χ0v) is 19.7. The molecule has 5 rings (SSSR count). The minimum atomic E-state index is 0.0866. The molecule has 2 aliphatic rings. The number of aryl methyl sites for hydroxylation is 1. The van der Waals surface area contributed by atoms with Gasteiger partial charge in [0, 0.05) is 51.7 Å². The number of nitrogens with zero attached hydrogens (tertiary/aromatic N) is 7. The number of piperidine rings is 1. The number of amides is 1. The minimum absolute atomic E-state index is 0.0866. The topological polar surface area (TPSA) is 87.6 Å². The van der Waals surface area contributed by atoms with Crippen LogP contribution in [0.25, 0.3) is 11.2 Å². The van der Waals surface area contributed by atoms with Crippen molar-refractivity contribution >= 4 is 34.6 Å². The fraction of sp³-hybridized carbons (Fsp3) is 0.522. The van der Waals surface area contributed by atoms with Gasteiger partial charge >= 0.3 is 0 Å². The molecule has 2 aromatic heterocycles. The lowest BCUT2D eigenvalue weighted by molar-refractivity contribution is -0.138. The second-order valence-corrected chi connectivity index (χ2v) is 9.25. The van der Waals surface area contributed by atoms with Gasteiger partial charge in [0.1, 0.15) is 18.7 Å². The third kappa shape index (κ3) is 5.06. The summed E-state index contributed by atoms with van der Waals surface area (Å²) in [5.41, 5.74) is 2.64. The van der Waals surface area contributed by atoms with Gasteiger partial charge in [-0.3, -0.25) is 9.69 Å². The fourth-order valence-electron chi connectivity index (χ4n) is 4.56. The molecule has 0 aliphatic carbocycles. The second-order valence-electron chi connectivity index (χ2n) is 8.72. The van der Waals surface area contributed by atoms with Crippen molar-refractivity contribution in [3.8, 4) is 5.75 Å². The molecule has 0 bridgehead atoms. The van der Waals surface area contributed by atoms with E-state index >= 15 is 0 Å². The number of ether oxygens (including phenoxy) is 1. The summed E-state index contributed by atoms with van der Waals surface area (Å²) in [5, 5.41) is 0. The van der Waals surface area contributed by atoms with E-state index in [0.717, 1.165) is 87.5 Å². The summed E-state index contributed by atoms with van der Waals surface area (Å²) in [6.45, 7) is 8.61. The van der Waals surface area contributed by atoms with E-state index in [1.165, 1.54) is 5.56 Å². The predicted octanol–water partition coefficient (Wildman–Crippen LogP) is 2.23. The molecular formula is C23H29N7O2S. The first-order chi connectivity index (χ1) is 16.2. The SMILES string of the molecule is Cc1ccc(OCCN2CCN(C(=O)C3CCN(c4ncnc5nsnc45)CC3)CC2)cc1. The molecule has 1 aromatic carbocycles. The molecule has 0 spiro atoms.